The second-order valence-corrected chi connectivity index (χ2v) is 4.72. The summed E-state index contributed by atoms with van der Waals surface area (Å²) in [5.74, 6) is 0. The molecule has 2 aromatic rings. The van der Waals surface area contributed by atoms with Crippen molar-refractivity contribution < 1.29 is 0 Å². The van der Waals surface area contributed by atoms with E-state index in [0.29, 0.717) is 0 Å². The fraction of sp³-hybridized carbons (Fsp3) is 0.308. The maximum Gasteiger partial charge on any atom is 0.0932 e. The summed E-state index contributed by atoms with van der Waals surface area (Å²) in [6, 6.07) is 10.5. The lowest BCUT2D eigenvalue weighted by atomic mass is 10.1. The standard InChI is InChI=1S/C13H16N2S/c1-3-12-15-11(9-14-2)13(16-12)10-7-5-4-6-8-10/h4-8,14H,3,9H2,1-2H3. The minimum Gasteiger partial charge on any atom is -0.314 e. The van der Waals surface area contributed by atoms with E-state index in [-0.39, 0.29) is 0 Å². The molecular formula is C13H16N2S. The number of aromatic nitrogens is 1. The van der Waals surface area contributed by atoms with E-state index in [0.717, 1.165) is 18.7 Å². The average molecular weight is 232 g/mol. The van der Waals surface area contributed by atoms with Gasteiger partial charge in [-0.1, -0.05) is 37.3 Å². The van der Waals surface area contributed by atoms with E-state index in [1.165, 1.54) is 15.4 Å². The molecule has 16 heavy (non-hydrogen) atoms. The van der Waals surface area contributed by atoms with Gasteiger partial charge in [0.15, 0.2) is 0 Å². The maximum absolute atomic E-state index is 4.65. The van der Waals surface area contributed by atoms with Gasteiger partial charge in [0, 0.05) is 6.54 Å². The fourth-order valence-corrected chi connectivity index (χ4v) is 2.68. The summed E-state index contributed by atoms with van der Waals surface area (Å²) in [4.78, 5) is 5.95. The van der Waals surface area contributed by atoms with Crippen LogP contribution >= 0.6 is 11.3 Å². The minimum absolute atomic E-state index is 0.834. The van der Waals surface area contributed by atoms with Gasteiger partial charge in [-0.3, -0.25) is 0 Å². The smallest absolute Gasteiger partial charge is 0.0932 e. The number of nitrogens with zero attached hydrogens (tertiary/aromatic N) is 1. The maximum atomic E-state index is 4.65. The summed E-state index contributed by atoms with van der Waals surface area (Å²) in [6.07, 6.45) is 1.01. The SMILES string of the molecule is CCc1nc(CNC)c(-c2ccccc2)s1. The third kappa shape index (κ3) is 2.31. The molecule has 0 aliphatic rings. The Kier molecular flexibility index (Phi) is 3.70. The Morgan fingerprint density at radius 2 is 2.00 bits per heavy atom. The van der Waals surface area contributed by atoms with Gasteiger partial charge >= 0.3 is 0 Å². The van der Waals surface area contributed by atoms with Gasteiger partial charge in [0.2, 0.25) is 0 Å². The summed E-state index contributed by atoms with van der Waals surface area (Å²) in [6.45, 7) is 2.98. The molecule has 0 aliphatic carbocycles. The molecule has 0 spiro atoms. The minimum atomic E-state index is 0.834. The molecule has 0 bridgehead atoms. The lowest BCUT2D eigenvalue weighted by Crippen LogP contribution is -2.06. The number of benzene rings is 1. The lowest BCUT2D eigenvalue weighted by molar-refractivity contribution is 0.793. The monoisotopic (exact) mass is 232 g/mol. The van der Waals surface area contributed by atoms with Gasteiger partial charge < -0.3 is 5.32 Å². The highest BCUT2D eigenvalue weighted by Gasteiger charge is 2.10. The largest absolute Gasteiger partial charge is 0.314 e. The molecule has 0 atom stereocenters. The third-order valence-corrected chi connectivity index (χ3v) is 3.72. The first-order valence-corrected chi connectivity index (χ1v) is 6.35. The topological polar surface area (TPSA) is 24.9 Å². The molecule has 0 amide bonds. The van der Waals surface area contributed by atoms with Gasteiger partial charge in [0.25, 0.3) is 0 Å². The van der Waals surface area contributed by atoms with E-state index in [4.69, 9.17) is 0 Å². The molecule has 2 rings (SSSR count). The molecule has 0 unspecified atom stereocenters. The molecule has 0 fully saturated rings. The fourth-order valence-electron chi connectivity index (χ4n) is 1.65. The highest BCUT2D eigenvalue weighted by atomic mass is 32.1. The molecule has 1 N–H and O–H groups in total. The third-order valence-electron chi connectivity index (χ3n) is 2.42. The van der Waals surface area contributed by atoms with Crippen LogP contribution in [0.4, 0.5) is 0 Å². The van der Waals surface area contributed by atoms with E-state index in [1.54, 1.807) is 11.3 Å². The average Bonchev–Trinajstić information content (AvgIpc) is 2.74. The Balaban J connectivity index is 2.42. The van der Waals surface area contributed by atoms with Crippen LogP contribution in [0.3, 0.4) is 0 Å². The van der Waals surface area contributed by atoms with Gasteiger partial charge in [-0.25, -0.2) is 4.98 Å². The molecule has 0 saturated heterocycles. The van der Waals surface area contributed by atoms with Crippen LogP contribution in [0.25, 0.3) is 10.4 Å². The first-order chi connectivity index (χ1) is 7.85. The Bertz CT molecular complexity index is 448. The van der Waals surface area contributed by atoms with Crippen LogP contribution in [-0.2, 0) is 13.0 Å². The summed E-state index contributed by atoms with van der Waals surface area (Å²) in [5, 5.41) is 4.39. The highest BCUT2D eigenvalue weighted by Crippen LogP contribution is 2.30. The summed E-state index contributed by atoms with van der Waals surface area (Å²) in [5.41, 5.74) is 2.43. The van der Waals surface area contributed by atoms with Crippen LogP contribution in [0.1, 0.15) is 17.6 Å². The summed E-state index contributed by atoms with van der Waals surface area (Å²) in [7, 11) is 1.96. The highest BCUT2D eigenvalue weighted by molar-refractivity contribution is 7.15. The van der Waals surface area contributed by atoms with Crippen molar-refractivity contribution in [3.05, 3.63) is 41.0 Å². The Morgan fingerprint density at radius 3 is 2.62 bits per heavy atom. The van der Waals surface area contributed by atoms with Crippen molar-refractivity contribution in [2.24, 2.45) is 0 Å². The Hall–Kier alpha value is -1.19. The number of nitrogens with one attached hydrogen (secondary N) is 1. The van der Waals surface area contributed by atoms with Crippen LogP contribution in [-0.4, -0.2) is 12.0 Å². The molecule has 3 heteroatoms. The van der Waals surface area contributed by atoms with Crippen molar-refractivity contribution in [2.45, 2.75) is 19.9 Å². The first kappa shape index (κ1) is 11.3. The zero-order valence-corrected chi connectivity index (χ0v) is 10.5. The van der Waals surface area contributed by atoms with Crippen molar-refractivity contribution in [3.8, 4) is 10.4 Å². The van der Waals surface area contributed by atoms with E-state index >= 15 is 0 Å². The second-order valence-electron chi connectivity index (χ2n) is 3.63. The Morgan fingerprint density at radius 1 is 1.25 bits per heavy atom. The number of thiazole rings is 1. The van der Waals surface area contributed by atoms with Crippen molar-refractivity contribution >= 4 is 11.3 Å². The first-order valence-electron chi connectivity index (χ1n) is 5.53. The molecule has 1 aromatic heterocycles. The van der Waals surface area contributed by atoms with Crippen molar-refractivity contribution in [1.29, 1.82) is 0 Å². The quantitative estimate of drug-likeness (QED) is 0.876. The summed E-state index contributed by atoms with van der Waals surface area (Å²) >= 11 is 1.80. The van der Waals surface area contributed by atoms with E-state index < -0.39 is 0 Å². The van der Waals surface area contributed by atoms with Crippen molar-refractivity contribution in [2.75, 3.05) is 7.05 Å². The van der Waals surface area contributed by atoms with Crippen LogP contribution in [0, 0.1) is 0 Å². The number of aryl methyl sites for hydroxylation is 1. The van der Waals surface area contributed by atoms with Gasteiger partial charge in [-0.2, -0.15) is 0 Å². The van der Waals surface area contributed by atoms with Crippen LogP contribution in [0.2, 0.25) is 0 Å². The second kappa shape index (κ2) is 5.23. The molecular weight excluding hydrogens is 216 g/mol. The number of hydrogen-bond acceptors (Lipinski definition) is 3. The van der Waals surface area contributed by atoms with Gasteiger partial charge in [0.05, 0.1) is 15.6 Å². The van der Waals surface area contributed by atoms with Crippen molar-refractivity contribution in [1.82, 2.24) is 10.3 Å². The van der Waals surface area contributed by atoms with E-state index in [9.17, 15) is 0 Å². The molecule has 0 saturated carbocycles. The molecule has 1 aromatic carbocycles. The normalized spacial score (nSPS) is 10.6. The van der Waals surface area contributed by atoms with E-state index in [2.05, 4.69) is 41.5 Å². The van der Waals surface area contributed by atoms with E-state index in [1.807, 2.05) is 13.1 Å². The van der Waals surface area contributed by atoms with Crippen molar-refractivity contribution in [3.63, 3.8) is 0 Å². The predicted molar refractivity (Wildman–Crippen MR) is 69.7 cm³/mol. The number of hydrogen-bond donors (Lipinski definition) is 1. The molecule has 1 heterocycles. The molecule has 2 nitrogen and oxygen atoms in total. The van der Waals surface area contributed by atoms with Crippen LogP contribution < -0.4 is 5.32 Å². The molecule has 0 radical (unpaired) electrons. The Labute approximate surface area is 100 Å². The number of rotatable bonds is 4. The van der Waals surface area contributed by atoms with Gasteiger partial charge in [0.1, 0.15) is 0 Å². The van der Waals surface area contributed by atoms with Gasteiger partial charge in [-0.15, -0.1) is 11.3 Å². The predicted octanol–water partition coefficient (Wildman–Crippen LogP) is 3.09. The van der Waals surface area contributed by atoms with Crippen LogP contribution in [0.5, 0.6) is 0 Å². The molecule has 84 valence electrons. The summed E-state index contributed by atoms with van der Waals surface area (Å²) < 4.78 is 0. The zero-order valence-electron chi connectivity index (χ0n) is 9.66. The van der Waals surface area contributed by atoms with Gasteiger partial charge in [-0.05, 0) is 19.0 Å². The van der Waals surface area contributed by atoms with Crippen LogP contribution in [0.15, 0.2) is 30.3 Å². The molecule has 0 aliphatic heterocycles. The lowest BCUT2D eigenvalue weighted by Gasteiger charge is -2.00. The zero-order chi connectivity index (χ0) is 11.4.